The average molecular weight is 253 g/mol. The van der Waals surface area contributed by atoms with E-state index in [0.717, 1.165) is 11.3 Å². The van der Waals surface area contributed by atoms with E-state index >= 15 is 0 Å². The monoisotopic (exact) mass is 252 g/mol. The second-order valence-corrected chi connectivity index (χ2v) is 4.71. The summed E-state index contributed by atoms with van der Waals surface area (Å²) in [7, 11) is 0. The average Bonchev–Trinajstić information content (AvgIpc) is 2.47. The van der Waals surface area contributed by atoms with Gasteiger partial charge < -0.3 is 0 Å². The van der Waals surface area contributed by atoms with Crippen molar-refractivity contribution in [3.8, 4) is 0 Å². The van der Waals surface area contributed by atoms with Gasteiger partial charge in [0.2, 0.25) is 0 Å². The second kappa shape index (κ2) is 3.65. The molecule has 0 aliphatic heterocycles. The summed E-state index contributed by atoms with van der Waals surface area (Å²) in [5.74, 6) is 0. The number of hydrogen-bond donors (Lipinski definition) is 0. The van der Waals surface area contributed by atoms with Crippen molar-refractivity contribution in [1.82, 2.24) is 0 Å². The van der Waals surface area contributed by atoms with Crippen molar-refractivity contribution in [3.05, 3.63) is 33.1 Å². The Bertz CT molecular complexity index is 479. The van der Waals surface area contributed by atoms with Crippen LogP contribution in [-0.2, 0) is 0 Å². The molecule has 0 bridgehead atoms. The lowest BCUT2D eigenvalue weighted by atomic mass is 10.2. The molecule has 0 unspecified atom stereocenters. The number of thiophene rings is 1. The molecule has 0 amide bonds. The lowest BCUT2D eigenvalue weighted by Crippen LogP contribution is -1.72. The standard InChI is InChI=1S/C9H4Cl2F2S/c10-4-1-6(11)5-3-8(9(12)13)14-7(5)2-4/h1-3,9H. The smallest absolute Gasteiger partial charge is 0.204 e. The number of fused-ring (bicyclic) bond motifs is 1. The molecule has 1 aromatic carbocycles. The van der Waals surface area contributed by atoms with Gasteiger partial charge in [-0.25, -0.2) is 8.78 Å². The predicted molar refractivity (Wildman–Crippen MR) is 56.8 cm³/mol. The van der Waals surface area contributed by atoms with Crippen molar-refractivity contribution in [2.45, 2.75) is 6.43 Å². The third kappa shape index (κ3) is 1.72. The molecular weight excluding hydrogens is 249 g/mol. The Morgan fingerprint density at radius 2 is 1.86 bits per heavy atom. The molecule has 0 saturated heterocycles. The molecular formula is C9H4Cl2F2S. The predicted octanol–water partition coefficient (Wildman–Crippen LogP) is 5.15. The largest absolute Gasteiger partial charge is 0.272 e. The van der Waals surface area contributed by atoms with Crippen LogP contribution in [0.1, 0.15) is 11.3 Å². The Hall–Kier alpha value is -0.380. The number of hydrogen-bond acceptors (Lipinski definition) is 1. The van der Waals surface area contributed by atoms with Gasteiger partial charge in [-0.3, -0.25) is 0 Å². The first kappa shape index (κ1) is 10.1. The zero-order chi connectivity index (χ0) is 10.3. The van der Waals surface area contributed by atoms with Crippen LogP contribution < -0.4 is 0 Å². The Morgan fingerprint density at radius 3 is 2.50 bits per heavy atom. The van der Waals surface area contributed by atoms with Crippen LogP contribution in [0.4, 0.5) is 8.78 Å². The summed E-state index contributed by atoms with van der Waals surface area (Å²) in [5, 5.41) is 1.51. The van der Waals surface area contributed by atoms with Crippen LogP contribution in [-0.4, -0.2) is 0 Å². The molecule has 74 valence electrons. The summed E-state index contributed by atoms with van der Waals surface area (Å²) >= 11 is 12.6. The first-order valence-electron chi connectivity index (χ1n) is 3.74. The van der Waals surface area contributed by atoms with Gasteiger partial charge in [0, 0.05) is 15.1 Å². The maximum atomic E-state index is 12.4. The molecule has 0 saturated carbocycles. The van der Waals surface area contributed by atoms with Crippen LogP contribution in [0.3, 0.4) is 0 Å². The molecule has 1 heterocycles. The van der Waals surface area contributed by atoms with Gasteiger partial charge in [0.15, 0.2) is 0 Å². The van der Waals surface area contributed by atoms with Crippen molar-refractivity contribution in [3.63, 3.8) is 0 Å². The van der Waals surface area contributed by atoms with Gasteiger partial charge in [-0.15, -0.1) is 11.3 Å². The molecule has 2 aromatic rings. The molecule has 0 atom stereocenters. The molecule has 14 heavy (non-hydrogen) atoms. The minimum Gasteiger partial charge on any atom is -0.204 e. The summed E-state index contributed by atoms with van der Waals surface area (Å²) in [6.07, 6.45) is -2.46. The third-order valence-corrected chi connectivity index (χ3v) is 3.41. The highest BCUT2D eigenvalue weighted by atomic mass is 35.5. The maximum absolute atomic E-state index is 12.4. The Balaban J connectivity index is 2.70. The normalized spacial score (nSPS) is 11.5. The maximum Gasteiger partial charge on any atom is 0.272 e. The molecule has 1 aromatic heterocycles. The Labute approximate surface area is 93.1 Å². The van der Waals surface area contributed by atoms with Crippen molar-refractivity contribution < 1.29 is 8.78 Å². The number of alkyl halides is 2. The van der Waals surface area contributed by atoms with Gasteiger partial charge in [0.25, 0.3) is 6.43 Å². The number of rotatable bonds is 1. The number of halogens is 4. The van der Waals surface area contributed by atoms with Crippen molar-refractivity contribution in [2.75, 3.05) is 0 Å². The molecule has 0 spiro atoms. The van der Waals surface area contributed by atoms with E-state index in [1.165, 1.54) is 6.07 Å². The third-order valence-electron chi connectivity index (χ3n) is 1.79. The molecule has 5 heteroatoms. The van der Waals surface area contributed by atoms with Crippen LogP contribution >= 0.6 is 34.5 Å². The SMILES string of the molecule is FC(F)c1cc2c(Cl)cc(Cl)cc2s1. The molecule has 0 nitrogen and oxygen atoms in total. The fourth-order valence-corrected chi connectivity index (χ4v) is 2.85. The molecule has 2 rings (SSSR count). The topological polar surface area (TPSA) is 0 Å². The van der Waals surface area contributed by atoms with E-state index in [4.69, 9.17) is 23.2 Å². The highest BCUT2D eigenvalue weighted by Gasteiger charge is 2.13. The number of benzene rings is 1. The molecule has 0 N–H and O–H groups in total. The van der Waals surface area contributed by atoms with Gasteiger partial charge in [0.1, 0.15) is 0 Å². The summed E-state index contributed by atoms with van der Waals surface area (Å²) < 4.78 is 25.4. The summed E-state index contributed by atoms with van der Waals surface area (Å²) in [6, 6.07) is 4.59. The van der Waals surface area contributed by atoms with E-state index < -0.39 is 6.43 Å². The fourth-order valence-electron chi connectivity index (χ4n) is 1.19. The van der Waals surface area contributed by atoms with Crippen LogP contribution in [0.2, 0.25) is 10.0 Å². The van der Waals surface area contributed by atoms with Gasteiger partial charge in [-0.05, 0) is 18.2 Å². The first-order valence-corrected chi connectivity index (χ1v) is 5.32. The van der Waals surface area contributed by atoms with E-state index in [1.54, 1.807) is 12.1 Å². The van der Waals surface area contributed by atoms with Crippen molar-refractivity contribution in [1.29, 1.82) is 0 Å². The minimum absolute atomic E-state index is 0.0177. The second-order valence-electron chi connectivity index (χ2n) is 2.75. The first-order chi connectivity index (χ1) is 6.58. The van der Waals surface area contributed by atoms with E-state index in [-0.39, 0.29) is 4.88 Å². The highest BCUT2D eigenvalue weighted by Crippen LogP contribution is 2.37. The summed E-state index contributed by atoms with van der Waals surface area (Å²) in [4.78, 5) is 0.0177. The zero-order valence-electron chi connectivity index (χ0n) is 6.73. The fraction of sp³-hybridized carbons (Fsp3) is 0.111. The molecule has 0 aliphatic rings. The van der Waals surface area contributed by atoms with Crippen molar-refractivity contribution in [2.24, 2.45) is 0 Å². The van der Waals surface area contributed by atoms with E-state index in [0.29, 0.717) is 20.1 Å². The van der Waals surface area contributed by atoms with Gasteiger partial charge in [0.05, 0.1) is 9.90 Å². The lowest BCUT2D eigenvalue weighted by Gasteiger charge is -1.93. The van der Waals surface area contributed by atoms with E-state index in [2.05, 4.69) is 0 Å². The lowest BCUT2D eigenvalue weighted by molar-refractivity contribution is 0.156. The van der Waals surface area contributed by atoms with E-state index in [9.17, 15) is 8.78 Å². The van der Waals surface area contributed by atoms with Crippen LogP contribution in [0.15, 0.2) is 18.2 Å². The van der Waals surface area contributed by atoms with Crippen LogP contribution in [0, 0.1) is 0 Å². The van der Waals surface area contributed by atoms with Crippen LogP contribution in [0.25, 0.3) is 10.1 Å². The molecule has 0 radical (unpaired) electrons. The summed E-state index contributed by atoms with van der Waals surface area (Å²) in [5.41, 5.74) is 0. The van der Waals surface area contributed by atoms with Gasteiger partial charge in [-0.2, -0.15) is 0 Å². The summed E-state index contributed by atoms with van der Waals surface area (Å²) in [6.45, 7) is 0. The quantitative estimate of drug-likeness (QED) is 0.659. The van der Waals surface area contributed by atoms with Gasteiger partial charge in [-0.1, -0.05) is 23.2 Å². The Kier molecular flexibility index (Phi) is 2.64. The molecule has 0 fully saturated rings. The zero-order valence-corrected chi connectivity index (χ0v) is 9.06. The Morgan fingerprint density at radius 1 is 1.14 bits per heavy atom. The highest BCUT2D eigenvalue weighted by molar-refractivity contribution is 7.19. The van der Waals surface area contributed by atoms with Crippen molar-refractivity contribution >= 4 is 44.6 Å². The molecule has 0 aliphatic carbocycles. The van der Waals surface area contributed by atoms with Gasteiger partial charge >= 0.3 is 0 Å². The van der Waals surface area contributed by atoms with E-state index in [1.807, 2.05) is 0 Å². The minimum atomic E-state index is -2.46. The van der Waals surface area contributed by atoms with Crippen LogP contribution in [0.5, 0.6) is 0 Å².